The van der Waals surface area contributed by atoms with E-state index in [1.54, 1.807) is 0 Å². The van der Waals surface area contributed by atoms with Gasteiger partial charge in [0.2, 0.25) is 0 Å². The van der Waals surface area contributed by atoms with E-state index in [0.29, 0.717) is 17.6 Å². The highest BCUT2D eigenvalue weighted by molar-refractivity contribution is 4.96. The van der Waals surface area contributed by atoms with E-state index in [0.717, 1.165) is 13.2 Å². The van der Waals surface area contributed by atoms with Crippen LogP contribution in [0, 0.1) is 5.41 Å². The Bertz CT molecular complexity index is 195. The highest BCUT2D eigenvalue weighted by Crippen LogP contribution is 2.47. The third-order valence-corrected chi connectivity index (χ3v) is 4.27. The highest BCUT2D eigenvalue weighted by atomic mass is 16.5. The zero-order valence-corrected chi connectivity index (χ0v) is 10.2. The molecule has 0 aromatic rings. The van der Waals surface area contributed by atoms with Crippen molar-refractivity contribution in [3.05, 3.63) is 0 Å². The van der Waals surface area contributed by atoms with Gasteiger partial charge in [-0.3, -0.25) is 0 Å². The molecule has 0 amide bonds. The van der Waals surface area contributed by atoms with Crippen LogP contribution in [0.4, 0.5) is 0 Å². The van der Waals surface area contributed by atoms with Gasteiger partial charge in [-0.1, -0.05) is 6.92 Å². The molecule has 2 unspecified atom stereocenters. The van der Waals surface area contributed by atoms with E-state index in [2.05, 4.69) is 19.2 Å². The van der Waals surface area contributed by atoms with E-state index in [1.807, 2.05) is 0 Å². The van der Waals surface area contributed by atoms with Crippen LogP contribution in [0.25, 0.3) is 0 Å². The third kappa shape index (κ3) is 3.18. The quantitative estimate of drug-likeness (QED) is 0.755. The summed E-state index contributed by atoms with van der Waals surface area (Å²) in [6, 6.07) is 0.682. The van der Waals surface area contributed by atoms with Gasteiger partial charge in [0.15, 0.2) is 0 Å². The molecule has 1 N–H and O–H groups in total. The molecule has 0 aromatic carbocycles. The van der Waals surface area contributed by atoms with E-state index in [1.165, 1.54) is 38.5 Å². The van der Waals surface area contributed by atoms with Gasteiger partial charge in [-0.2, -0.15) is 0 Å². The molecule has 15 heavy (non-hydrogen) atoms. The summed E-state index contributed by atoms with van der Waals surface area (Å²) in [6.07, 6.45) is 8.43. The number of hydrogen-bond donors (Lipinski definition) is 1. The second-order valence-electron chi connectivity index (χ2n) is 5.61. The first-order valence-electron chi connectivity index (χ1n) is 6.56. The molecular weight excluding hydrogens is 186 g/mol. The monoisotopic (exact) mass is 211 g/mol. The lowest BCUT2D eigenvalue weighted by atomic mass is 10.0. The maximum absolute atomic E-state index is 5.72. The van der Waals surface area contributed by atoms with Crippen LogP contribution in [-0.2, 0) is 4.74 Å². The second-order valence-corrected chi connectivity index (χ2v) is 5.61. The second kappa shape index (κ2) is 4.84. The molecule has 2 atom stereocenters. The van der Waals surface area contributed by atoms with Gasteiger partial charge in [0.1, 0.15) is 0 Å². The molecule has 1 saturated carbocycles. The third-order valence-electron chi connectivity index (χ3n) is 4.27. The molecule has 88 valence electrons. The molecule has 2 fully saturated rings. The first-order chi connectivity index (χ1) is 7.21. The van der Waals surface area contributed by atoms with Crippen molar-refractivity contribution in [3.63, 3.8) is 0 Å². The summed E-state index contributed by atoms with van der Waals surface area (Å²) >= 11 is 0. The molecule has 0 bridgehead atoms. The highest BCUT2D eigenvalue weighted by Gasteiger charge is 2.42. The van der Waals surface area contributed by atoms with Crippen LogP contribution in [0.3, 0.4) is 0 Å². The Balaban J connectivity index is 1.57. The number of hydrogen-bond acceptors (Lipinski definition) is 2. The molecule has 2 rings (SSSR count). The fourth-order valence-electron chi connectivity index (χ4n) is 2.37. The van der Waals surface area contributed by atoms with Crippen LogP contribution in [0.15, 0.2) is 0 Å². The average molecular weight is 211 g/mol. The van der Waals surface area contributed by atoms with Gasteiger partial charge in [-0.15, -0.1) is 0 Å². The minimum Gasteiger partial charge on any atom is -0.378 e. The predicted molar refractivity (Wildman–Crippen MR) is 63.0 cm³/mol. The molecule has 2 nitrogen and oxygen atoms in total. The summed E-state index contributed by atoms with van der Waals surface area (Å²) in [6.45, 7) is 6.83. The Labute approximate surface area is 93.8 Å². The summed E-state index contributed by atoms with van der Waals surface area (Å²) in [5, 5.41) is 3.65. The van der Waals surface area contributed by atoms with Crippen molar-refractivity contribution in [2.75, 3.05) is 13.2 Å². The van der Waals surface area contributed by atoms with Crippen molar-refractivity contribution in [3.8, 4) is 0 Å². The van der Waals surface area contributed by atoms with Crippen LogP contribution in [0.5, 0.6) is 0 Å². The van der Waals surface area contributed by atoms with Crippen LogP contribution in [-0.4, -0.2) is 25.3 Å². The molecule has 0 radical (unpaired) electrons. The Morgan fingerprint density at radius 1 is 1.40 bits per heavy atom. The van der Waals surface area contributed by atoms with E-state index < -0.39 is 0 Å². The molecule has 2 aliphatic rings. The van der Waals surface area contributed by atoms with Crippen molar-refractivity contribution in [1.82, 2.24) is 5.32 Å². The maximum atomic E-state index is 5.72. The minimum absolute atomic E-state index is 0.533. The molecule has 1 aliphatic carbocycles. The van der Waals surface area contributed by atoms with Crippen LogP contribution in [0.1, 0.15) is 52.4 Å². The van der Waals surface area contributed by atoms with Gasteiger partial charge in [0.05, 0.1) is 6.10 Å². The largest absolute Gasteiger partial charge is 0.378 e. The number of nitrogens with one attached hydrogen (secondary N) is 1. The van der Waals surface area contributed by atoms with Gasteiger partial charge in [0, 0.05) is 12.6 Å². The van der Waals surface area contributed by atoms with E-state index in [4.69, 9.17) is 4.74 Å². The fourth-order valence-corrected chi connectivity index (χ4v) is 2.37. The smallest absolute Gasteiger partial charge is 0.0587 e. The first kappa shape index (κ1) is 11.4. The summed E-state index contributed by atoms with van der Waals surface area (Å²) in [5.74, 6) is 0. The standard InChI is InChI=1S/C13H25NO/c1-11(13(2)7-8-13)14-9-6-12-5-3-4-10-15-12/h11-12,14H,3-10H2,1-2H3. The Hall–Kier alpha value is -0.0800. The molecule has 0 aromatic heterocycles. The zero-order valence-electron chi connectivity index (χ0n) is 10.2. The molecule has 1 saturated heterocycles. The zero-order chi connectivity index (χ0) is 10.7. The molecular formula is C13H25NO. The fraction of sp³-hybridized carbons (Fsp3) is 1.00. The first-order valence-corrected chi connectivity index (χ1v) is 6.56. The van der Waals surface area contributed by atoms with E-state index in [-0.39, 0.29) is 0 Å². The number of rotatable bonds is 5. The van der Waals surface area contributed by atoms with Gasteiger partial charge in [-0.05, 0) is 57.4 Å². The van der Waals surface area contributed by atoms with Crippen LogP contribution < -0.4 is 5.32 Å². The lowest BCUT2D eigenvalue weighted by Crippen LogP contribution is -2.36. The van der Waals surface area contributed by atoms with Crippen LogP contribution in [0.2, 0.25) is 0 Å². The van der Waals surface area contributed by atoms with Gasteiger partial charge in [0.25, 0.3) is 0 Å². The number of ether oxygens (including phenoxy) is 1. The van der Waals surface area contributed by atoms with Crippen molar-refractivity contribution < 1.29 is 4.74 Å². The topological polar surface area (TPSA) is 21.3 Å². The molecule has 2 heteroatoms. The molecule has 0 spiro atoms. The SMILES string of the molecule is CC(NCCC1CCCCO1)C1(C)CC1. The lowest BCUT2D eigenvalue weighted by Gasteiger charge is -2.25. The van der Waals surface area contributed by atoms with Crippen molar-refractivity contribution in [2.24, 2.45) is 5.41 Å². The molecule has 1 heterocycles. The summed E-state index contributed by atoms with van der Waals surface area (Å²) in [4.78, 5) is 0. The normalized spacial score (nSPS) is 31.2. The van der Waals surface area contributed by atoms with Crippen molar-refractivity contribution >= 4 is 0 Å². The predicted octanol–water partition coefficient (Wildman–Crippen LogP) is 2.72. The summed E-state index contributed by atoms with van der Waals surface area (Å²) in [5.41, 5.74) is 0.605. The minimum atomic E-state index is 0.533. The average Bonchev–Trinajstić information content (AvgIpc) is 2.99. The van der Waals surface area contributed by atoms with E-state index in [9.17, 15) is 0 Å². The summed E-state index contributed by atoms with van der Waals surface area (Å²) in [7, 11) is 0. The Morgan fingerprint density at radius 2 is 2.20 bits per heavy atom. The van der Waals surface area contributed by atoms with Crippen LogP contribution >= 0.6 is 0 Å². The van der Waals surface area contributed by atoms with Gasteiger partial charge < -0.3 is 10.1 Å². The van der Waals surface area contributed by atoms with Crippen molar-refractivity contribution in [2.45, 2.75) is 64.5 Å². The van der Waals surface area contributed by atoms with E-state index >= 15 is 0 Å². The Morgan fingerprint density at radius 3 is 2.80 bits per heavy atom. The Kier molecular flexibility index (Phi) is 3.68. The molecule has 1 aliphatic heterocycles. The van der Waals surface area contributed by atoms with Gasteiger partial charge >= 0.3 is 0 Å². The maximum Gasteiger partial charge on any atom is 0.0587 e. The summed E-state index contributed by atoms with van der Waals surface area (Å²) < 4.78 is 5.72. The lowest BCUT2D eigenvalue weighted by molar-refractivity contribution is 0.0110. The van der Waals surface area contributed by atoms with Crippen molar-refractivity contribution in [1.29, 1.82) is 0 Å². The van der Waals surface area contributed by atoms with Gasteiger partial charge in [-0.25, -0.2) is 0 Å².